The molecule has 4 heteroatoms. The Labute approximate surface area is 107 Å². The van der Waals surface area contributed by atoms with Crippen molar-refractivity contribution in [2.75, 3.05) is 18.8 Å². The molecular formula is C13H20N2OS. The third-order valence-corrected chi connectivity index (χ3v) is 4.72. The molecule has 1 fully saturated rings. The van der Waals surface area contributed by atoms with E-state index in [9.17, 15) is 4.79 Å². The number of carbonyl (C=O) groups is 1. The second-order valence-electron chi connectivity index (χ2n) is 4.60. The lowest BCUT2D eigenvalue weighted by molar-refractivity contribution is 0.0725. The summed E-state index contributed by atoms with van der Waals surface area (Å²) in [6.45, 7) is 5.89. The number of thiophene rings is 1. The highest BCUT2D eigenvalue weighted by Gasteiger charge is 2.24. The van der Waals surface area contributed by atoms with Gasteiger partial charge in [0.1, 0.15) is 0 Å². The normalized spacial score (nSPS) is 16.2. The fourth-order valence-corrected chi connectivity index (χ4v) is 3.45. The summed E-state index contributed by atoms with van der Waals surface area (Å²) in [5, 5.41) is 0.690. The summed E-state index contributed by atoms with van der Waals surface area (Å²) in [7, 11) is 0. The molecular weight excluding hydrogens is 232 g/mol. The van der Waals surface area contributed by atoms with Crippen LogP contribution in [-0.2, 0) is 6.42 Å². The molecule has 0 unspecified atom stereocenters. The Kier molecular flexibility index (Phi) is 3.72. The van der Waals surface area contributed by atoms with E-state index >= 15 is 0 Å². The van der Waals surface area contributed by atoms with E-state index in [0.717, 1.165) is 43.5 Å². The first-order valence-electron chi connectivity index (χ1n) is 6.32. The number of hydrogen-bond donors (Lipinski definition) is 1. The largest absolute Gasteiger partial charge is 0.390 e. The molecule has 1 aliphatic rings. The first kappa shape index (κ1) is 12.4. The summed E-state index contributed by atoms with van der Waals surface area (Å²) >= 11 is 1.56. The number of piperidine rings is 1. The van der Waals surface area contributed by atoms with Crippen LogP contribution in [0.25, 0.3) is 0 Å². The van der Waals surface area contributed by atoms with Crippen LogP contribution in [0, 0.1) is 6.92 Å². The summed E-state index contributed by atoms with van der Waals surface area (Å²) in [6.07, 6.45) is 4.43. The van der Waals surface area contributed by atoms with Gasteiger partial charge in [0.05, 0.1) is 10.6 Å². The summed E-state index contributed by atoms with van der Waals surface area (Å²) in [6, 6.07) is 0. The van der Waals surface area contributed by atoms with Gasteiger partial charge >= 0.3 is 0 Å². The fraction of sp³-hybridized carbons (Fsp3) is 0.615. The molecule has 0 aliphatic carbocycles. The molecule has 1 aromatic heterocycles. The average molecular weight is 252 g/mol. The monoisotopic (exact) mass is 252 g/mol. The minimum absolute atomic E-state index is 0.135. The number of carbonyl (C=O) groups excluding carboxylic acids is 1. The molecule has 1 aromatic rings. The SMILES string of the molecule is CCc1sc(N)c(C(=O)N2CCCCC2)c1C. The number of likely N-dealkylation sites (tertiary alicyclic amines) is 1. The highest BCUT2D eigenvalue weighted by atomic mass is 32.1. The van der Waals surface area contributed by atoms with Crippen LogP contribution in [0.1, 0.15) is 47.0 Å². The fourth-order valence-electron chi connectivity index (χ4n) is 2.44. The molecule has 1 aliphatic heterocycles. The Bertz CT molecular complexity index is 419. The molecule has 2 heterocycles. The number of nitrogens with zero attached hydrogens (tertiary/aromatic N) is 1. The molecule has 0 radical (unpaired) electrons. The number of amides is 1. The van der Waals surface area contributed by atoms with Crippen LogP contribution in [0.3, 0.4) is 0 Å². The Hall–Kier alpha value is -1.03. The van der Waals surface area contributed by atoms with Crippen molar-refractivity contribution in [2.45, 2.75) is 39.5 Å². The standard InChI is InChI=1S/C13H20N2OS/c1-3-10-9(2)11(12(14)17-10)13(16)15-7-5-4-6-8-15/h3-8,14H2,1-2H3. The maximum atomic E-state index is 12.4. The number of nitrogen functional groups attached to an aromatic ring is 1. The van der Waals surface area contributed by atoms with Crippen molar-refractivity contribution in [1.29, 1.82) is 0 Å². The van der Waals surface area contributed by atoms with Crippen molar-refractivity contribution in [3.05, 3.63) is 16.0 Å². The van der Waals surface area contributed by atoms with Crippen molar-refractivity contribution in [3.63, 3.8) is 0 Å². The summed E-state index contributed by atoms with van der Waals surface area (Å²) in [5.74, 6) is 0.135. The van der Waals surface area contributed by atoms with Gasteiger partial charge in [-0.05, 0) is 38.2 Å². The lowest BCUT2D eigenvalue weighted by atomic mass is 10.1. The highest BCUT2D eigenvalue weighted by molar-refractivity contribution is 7.16. The third kappa shape index (κ3) is 2.32. The van der Waals surface area contributed by atoms with Gasteiger partial charge in [0.15, 0.2) is 0 Å². The average Bonchev–Trinajstić information content (AvgIpc) is 2.64. The lowest BCUT2D eigenvalue weighted by Crippen LogP contribution is -2.36. The van der Waals surface area contributed by atoms with Gasteiger partial charge in [-0.15, -0.1) is 11.3 Å². The van der Waals surface area contributed by atoms with Gasteiger partial charge in [-0.25, -0.2) is 0 Å². The molecule has 0 spiro atoms. The van der Waals surface area contributed by atoms with Crippen molar-refractivity contribution >= 4 is 22.2 Å². The van der Waals surface area contributed by atoms with E-state index < -0.39 is 0 Å². The minimum atomic E-state index is 0.135. The predicted molar refractivity (Wildman–Crippen MR) is 72.6 cm³/mol. The molecule has 0 atom stereocenters. The van der Waals surface area contributed by atoms with Crippen molar-refractivity contribution < 1.29 is 4.79 Å². The zero-order valence-corrected chi connectivity index (χ0v) is 11.4. The highest BCUT2D eigenvalue weighted by Crippen LogP contribution is 2.32. The summed E-state index contributed by atoms with van der Waals surface area (Å²) in [4.78, 5) is 15.6. The first-order valence-corrected chi connectivity index (χ1v) is 7.13. The van der Waals surface area contributed by atoms with Crippen molar-refractivity contribution in [1.82, 2.24) is 4.90 Å². The zero-order chi connectivity index (χ0) is 12.4. The second-order valence-corrected chi connectivity index (χ2v) is 5.73. The molecule has 0 bridgehead atoms. The van der Waals surface area contributed by atoms with E-state index in [1.165, 1.54) is 11.3 Å². The predicted octanol–water partition coefficient (Wildman–Crippen LogP) is 2.83. The van der Waals surface area contributed by atoms with Gasteiger partial charge in [-0.1, -0.05) is 6.92 Å². The van der Waals surface area contributed by atoms with Crippen LogP contribution in [0.15, 0.2) is 0 Å². The van der Waals surface area contributed by atoms with Crippen LogP contribution in [0.4, 0.5) is 5.00 Å². The maximum Gasteiger partial charge on any atom is 0.257 e. The molecule has 2 N–H and O–H groups in total. The van der Waals surface area contributed by atoms with Gasteiger partial charge in [-0.3, -0.25) is 4.79 Å². The van der Waals surface area contributed by atoms with Crippen LogP contribution in [0.2, 0.25) is 0 Å². The quantitative estimate of drug-likeness (QED) is 0.879. The summed E-state index contributed by atoms with van der Waals surface area (Å²) < 4.78 is 0. The van der Waals surface area contributed by atoms with Gasteiger partial charge < -0.3 is 10.6 Å². The number of aryl methyl sites for hydroxylation is 1. The number of rotatable bonds is 2. The molecule has 1 amide bonds. The summed E-state index contributed by atoms with van der Waals surface area (Å²) in [5.41, 5.74) is 7.84. The van der Waals surface area contributed by atoms with E-state index in [2.05, 4.69) is 6.92 Å². The van der Waals surface area contributed by atoms with Crippen molar-refractivity contribution in [3.8, 4) is 0 Å². The van der Waals surface area contributed by atoms with Crippen LogP contribution in [0.5, 0.6) is 0 Å². The Morgan fingerprint density at radius 3 is 2.53 bits per heavy atom. The topological polar surface area (TPSA) is 46.3 Å². The van der Waals surface area contributed by atoms with Crippen molar-refractivity contribution in [2.24, 2.45) is 0 Å². The van der Waals surface area contributed by atoms with Gasteiger partial charge in [0, 0.05) is 18.0 Å². The van der Waals surface area contributed by atoms with E-state index in [-0.39, 0.29) is 5.91 Å². The lowest BCUT2D eigenvalue weighted by Gasteiger charge is -2.27. The third-order valence-electron chi connectivity index (χ3n) is 3.45. The van der Waals surface area contributed by atoms with Crippen LogP contribution >= 0.6 is 11.3 Å². The Balaban J connectivity index is 2.26. The molecule has 17 heavy (non-hydrogen) atoms. The number of hydrogen-bond acceptors (Lipinski definition) is 3. The van der Waals surface area contributed by atoms with E-state index in [1.54, 1.807) is 11.3 Å². The number of anilines is 1. The minimum Gasteiger partial charge on any atom is -0.390 e. The zero-order valence-electron chi connectivity index (χ0n) is 10.6. The van der Waals surface area contributed by atoms with Gasteiger partial charge in [0.25, 0.3) is 5.91 Å². The second kappa shape index (κ2) is 5.08. The van der Waals surface area contributed by atoms with Gasteiger partial charge in [0.2, 0.25) is 0 Å². The Morgan fingerprint density at radius 2 is 2.00 bits per heavy atom. The van der Waals surface area contributed by atoms with E-state index in [0.29, 0.717) is 5.00 Å². The molecule has 2 rings (SSSR count). The van der Waals surface area contributed by atoms with Gasteiger partial charge in [-0.2, -0.15) is 0 Å². The first-order chi connectivity index (χ1) is 8.15. The van der Waals surface area contributed by atoms with Crippen LogP contribution < -0.4 is 5.73 Å². The van der Waals surface area contributed by atoms with E-state index in [1.807, 2.05) is 11.8 Å². The maximum absolute atomic E-state index is 12.4. The van der Waals surface area contributed by atoms with E-state index in [4.69, 9.17) is 5.73 Å². The molecule has 3 nitrogen and oxygen atoms in total. The van der Waals surface area contributed by atoms with Crippen LogP contribution in [-0.4, -0.2) is 23.9 Å². The smallest absolute Gasteiger partial charge is 0.257 e. The molecule has 94 valence electrons. The number of nitrogens with two attached hydrogens (primary N) is 1. The Morgan fingerprint density at radius 1 is 1.35 bits per heavy atom. The molecule has 0 aromatic carbocycles. The molecule has 1 saturated heterocycles. The molecule has 0 saturated carbocycles.